The van der Waals surface area contributed by atoms with Crippen LogP contribution in [-0.4, -0.2) is 84.6 Å². The molecule has 14 nitrogen and oxygen atoms in total. The Balaban J connectivity index is 1.16. The summed E-state index contributed by atoms with van der Waals surface area (Å²) in [6.45, 7) is 9.75. The molecule has 0 radical (unpaired) electrons. The van der Waals surface area contributed by atoms with Crippen molar-refractivity contribution in [1.29, 1.82) is 0 Å². The number of hydrogen-bond donors (Lipinski definition) is 6. The molecule has 6 atom stereocenters. The summed E-state index contributed by atoms with van der Waals surface area (Å²) in [6.07, 6.45) is 19.9. The van der Waals surface area contributed by atoms with Gasteiger partial charge in [0.2, 0.25) is 5.78 Å². The molecule has 2 aromatic heterocycles. The number of ketones is 2. The van der Waals surface area contributed by atoms with Gasteiger partial charge < -0.3 is 42.2 Å². The van der Waals surface area contributed by atoms with Crippen molar-refractivity contribution in [3.05, 3.63) is 118 Å². The van der Waals surface area contributed by atoms with Crippen LogP contribution in [0.3, 0.4) is 0 Å². The number of aromatic nitrogens is 2. The van der Waals surface area contributed by atoms with E-state index in [0.717, 1.165) is 68.2 Å². The first-order valence-corrected chi connectivity index (χ1v) is 24.1. The Morgan fingerprint density at radius 3 is 2.64 bits per heavy atom. The number of benzene rings is 1. The number of carbonyl (C=O) groups is 3. The highest BCUT2D eigenvalue weighted by molar-refractivity contribution is 6.33. The average molecular weight is 912 g/mol. The third kappa shape index (κ3) is 9.19. The number of fused-ring (bicyclic) bond motifs is 3. The lowest BCUT2D eigenvalue weighted by atomic mass is 9.67. The monoisotopic (exact) mass is 912 g/mol. The summed E-state index contributed by atoms with van der Waals surface area (Å²) in [6, 6.07) is 12.8. The highest BCUT2D eigenvalue weighted by Crippen LogP contribution is 2.60. The molecule has 4 aliphatic carbocycles. The number of carbonyl (C=O) groups excluding carboxylic acids is 3. The van der Waals surface area contributed by atoms with Crippen LogP contribution < -0.4 is 32.7 Å². The summed E-state index contributed by atoms with van der Waals surface area (Å²) in [5, 5.41) is 13.5. The molecule has 5 aliphatic rings. The number of nitrogens with zero attached hydrogens (tertiary/aromatic N) is 3. The fourth-order valence-electron chi connectivity index (χ4n) is 11.6. The third-order valence-corrected chi connectivity index (χ3v) is 15.1. The van der Waals surface area contributed by atoms with Gasteiger partial charge in [-0.1, -0.05) is 87.8 Å². The van der Waals surface area contributed by atoms with E-state index in [4.69, 9.17) is 20.9 Å². The van der Waals surface area contributed by atoms with E-state index in [1.807, 2.05) is 43.5 Å². The number of pyridine rings is 2. The molecule has 0 spiro atoms. The topological polar surface area (TPSA) is 211 Å². The number of hydrogen-bond acceptors (Lipinski definition) is 12. The van der Waals surface area contributed by atoms with Crippen LogP contribution in [0.2, 0.25) is 0 Å². The number of epoxide rings is 1. The van der Waals surface area contributed by atoms with Gasteiger partial charge in [-0.15, -0.1) is 0 Å². The number of rotatable bonds is 18. The van der Waals surface area contributed by atoms with E-state index in [-0.39, 0.29) is 53.4 Å². The second-order valence-electron chi connectivity index (χ2n) is 20.1. The van der Waals surface area contributed by atoms with Gasteiger partial charge in [0.15, 0.2) is 17.3 Å². The second-order valence-corrected chi connectivity index (χ2v) is 20.1. The average Bonchev–Trinajstić information content (AvgIpc) is 3.79. The number of likely N-dealkylation sites (N-methyl/N-ethyl adjacent to an activating group) is 1. The van der Waals surface area contributed by atoms with Gasteiger partial charge in [0, 0.05) is 54.4 Å². The van der Waals surface area contributed by atoms with Crippen molar-refractivity contribution in [3.8, 4) is 0 Å². The number of ether oxygens (including phenoxy) is 2. The summed E-state index contributed by atoms with van der Waals surface area (Å²) in [5.74, 6) is 0.0785. The maximum Gasteiger partial charge on any atom is 0.350 e. The molecule has 6 unspecified atom stereocenters. The Morgan fingerprint density at radius 2 is 1.91 bits per heavy atom. The molecule has 1 aliphatic heterocycles. The molecule has 8 rings (SSSR count). The van der Waals surface area contributed by atoms with Crippen molar-refractivity contribution in [2.75, 3.05) is 45.0 Å². The fourth-order valence-corrected chi connectivity index (χ4v) is 11.6. The SMILES string of the molecule is CCNC1C=C2C=CCCC2CC1COC(=O)C12OC1(CC=C(C)C1(C(NC(N)=NC)c3ccnc(NCNC)c3)CCCC1)C(=O)c1cccc(CC(C)(C)Cc3ccc(N)nc3)c1C2=O. The minimum absolute atomic E-state index is 0.00110. The molecule has 1 saturated carbocycles. The van der Waals surface area contributed by atoms with Crippen molar-refractivity contribution in [2.24, 2.45) is 33.4 Å². The molecule has 1 aromatic carbocycles. The van der Waals surface area contributed by atoms with Crippen molar-refractivity contribution in [1.82, 2.24) is 25.9 Å². The fraction of sp³-hybridized carbons (Fsp3) is 0.509. The predicted octanol–water partition coefficient (Wildman–Crippen LogP) is 6.95. The number of esters is 1. The smallest absolute Gasteiger partial charge is 0.350 e. The minimum Gasteiger partial charge on any atom is -0.463 e. The number of nitrogen functional groups attached to an aromatic ring is 1. The van der Waals surface area contributed by atoms with Gasteiger partial charge in [0.05, 0.1) is 19.3 Å². The molecule has 14 heteroatoms. The molecule has 3 heterocycles. The van der Waals surface area contributed by atoms with Crippen LogP contribution in [0.4, 0.5) is 11.6 Å². The van der Waals surface area contributed by atoms with E-state index in [0.29, 0.717) is 48.6 Å². The van der Waals surface area contributed by atoms with E-state index in [1.165, 1.54) is 5.57 Å². The normalized spacial score (nSPS) is 25.9. The number of anilines is 2. The Hall–Kier alpha value is -5.70. The summed E-state index contributed by atoms with van der Waals surface area (Å²) < 4.78 is 12.9. The zero-order valence-corrected chi connectivity index (χ0v) is 40.0. The number of Topliss-reactive ketones (excluding diaryl/α,β-unsaturated/α-hetero) is 2. The van der Waals surface area contributed by atoms with E-state index < -0.39 is 28.4 Å². The second kappa shape index (κ2) is 19.5. The van der Waals surface area contributed by atoms with Gasteiger partial charge in [0.25, 0.3) is 5.60 Å². The summed E-state index contributed by atoms with van der Waals surface area (Å²) in [5.41, 5.74) is 13.0. The zero-order chi connectivity index (χ0) is 47.6. The molecule has 0 bridgehead atoms. The molecule has 1 saturated heterocycles. The summed E-state index contributed by atoms with van der Waals surface area (Å²) in [7, 11) is 3.52. The molecule has 356 valence electrons. The molecule has 3 aromatic rings. The molecule has 0 amide bonds. The minimum atomic E-state index is -2.15. The van der Waals surface area contributed by atoms with Crippen molar-refractivity contribution >= 4 is 35.1 Å². The van der Waals surface area contributed by atoms with Crippen LogP contribution in [0.25, 0.3) is 0 Å². The standard InChI is InChI=1S/C53H69N9O5/c1-7-58-41-26-36-14-9-8-13-35(36)25-39(41)31-66-48(65)53-47(64)44-38(29-50(3,4)28-34-17-18-42(54)60-30-34)15-12-16-40(44)46(63)52(53,67-53)23-19-33(2)51(21-10-11-22-51)45(62-49(55)57-6)37-20-24-59-43(27-37)61-32-56-5/h9,12,14-20,24,26-27,30,35,39,41,45,56,58H,7-8,10-11,13,21-23,25,28-29,31-32H2,1-6H3,(H2,54,60)(H,59,61)(H3,55,57,62). The number of aliphatic imine (C=N–C) groups is 1. The first-order chi connectivity index (χ1) is 32.2. The van der Waals surface area contributed by atoms with Crippen molar-refractivity contribution in [2.45, 2.75) is 115 Å². The molecule has 8 N–H and O–H groups in total. The maximum absolute atomic E-state index is 15.5. The Bertz CT molecular complexity index is 2470. The van der Waals surface area contributed by atoms with Gasteiger partial charge in [-0.05, 0) is 117 Å². The maximum atomic E-state index is 15.5. The van der Waals surface area contributed by atoms with Crippen LogP contribution in [0.15, 0.2) is 95.3 Å². The molecule has 2 fully saturated rings. The van der Waals surface area contributed by atoms with Crippen molar-refractivity contribution in [3.63, 3.8) is 0 Å². The predicted molar refractivity (Wildman–Crippen MR) is 262 cm³/mol. The van der Waals surface area contributed by atoms with E-state index in [1.54, 1.807) is 31.6 Å². The number of nitrogens with two attached hydrogens (primary N) is 2. The lowest BCUT2D eigenvalue weighted by Crippen LogP contribution is -2.51. The van der Waals surface area contributed by atoms with Crippen LogP contribution in [0.5, 0.6) is 0 Å². The third-order valence-electron chi connectivity index (χ3n) is 15.1. The van der Waals surface area contributed by atoms with Crippen LogP contribution in [0, 0.1) is 22.7 Å². The lowest BCUT2D eigenvalue weighted by Gasteiger charge is -2.40. The van der Waals surface area contributed by atoms with E-state index >= 15 is 14.4 Å². The van der Waals surface area contributed by atoms with Gasteiger partial charge in [-0.3, -0.25) is 14.6 Å². The van der Waals surface area contributed by atoms with E-state index in [2.05, 4.69) is 82.2 Å². The molecular weight excluding hydrogens is 843 g/mol. The Labute approximate surface area is 395 Å². The Kier molecular flexibility index (Phi) is 13.9. The lowest BCUT2D eigenvalue weighted by molar-refractivity contribution is -0.150. The van der Waals surface area contributed by atoms with Crippen LogP contribution in [0.1, 0.15) is 123 Å². The quantitative estimate of drug-likeness (QED) is 0.0145. The van der Waals surface area contributed by atoms with Gasteiger partial charge in [0.1, 0.15) is 11.6 Å². The summed E-state index contributed by atoms with van der Waals surface area (Å²) in [4.78, 5) is 59.0. The highest BCUT2D eigenvalue weighted by atomic mass is 16.7. The Morgan fingerprint density at radius 1 is 1.10 bits per heavy atom. The number of nitrogens with one attached hydrogen (secondary N) is 4. The van der Waals surface area contributed by atoms with Gasteiger partial charge in [-0.25, -0.2) is 14.8 Å². The zero-order valence-electron chi connectivity index (χ0n) is 40.0. The molecular formula is C53H69N9O5. The number of guanidine groups is 1. The van der Waals surface area contributed by atoms with Crippen molar-refractivity contribution < 1.29 is 23.9 Å². The molecule has 67 heavy (non-hydrogen) atoms. The first kappa shape index (κ1) is 47.8. The first-order valence-electron chi connectivity index (χ1n) is 24.1. The summed E-state index contributed by atoms with van der Waals surface area (Å²) >= 11 is 0. The van der Waals surface area contributed by atoms with Crippen LogP contribution >= 0.6 is 0 Å². The van der Waals surface area contributed by atoms with Crippen LogP contribution in [-0.2, 0) is 27.1 Å². The highest BCUT2D eigenvalue weighted by Gasteiger charge is 2.85. The van der Waals surface area contributed by atoms with E-state index in [9.17, 15) is 0 Å². The van der Waals surface area contributed by atoms with Gasteiger partial charge in [-0.2, -0.15) is 0 Å². The number of allylic oxidation sites excluding steroid dienone is 3. The largest absolute Gasteiger partial charge is 0.463 e. The van der Waals surface area contributed by atoms with Gasteiger partial charge >= 0.3 is 5.97 Å².